The summed E-state index contributed by atoms with van der Waals surface area (Å²) < 4.78 is 0. The minimum Gasteiger partial charge on any atom is -0.349 e. The first-order valence-electron chi connectivity index (χ1n) is 8.86. The van der Waals surface area contributed by atoms with Gasteiger partial charge in [-0.2, -0.15) is 0 Å². The quantitative estimate of drug-likeness (QED) is 0.682. The Kier molecular flexibility index (Phi) is 5.86. The molecule has 6 heteroatoms. The Morgan fingerprint density at radius 1 is 0.962 bits per heavy atom. The van der Waals surface area contributed by atoms with E-state index in [1.807, 2.05) is 30.3 Å². The first-order chi connectivity index (χ1) is 12.6. The third-order valence-electron chi connectivity index (χ3n) is 4.54. The highest BCUT2D eigenvalue weighted by atomic mass is 16.2. The zero-order valence-corrected chi connectivity index (χ0v) is 14.8. The molecule has 2 aromatic rings. The van der Waals surface area contributed by atoms with E-state index in [1.165, 1.54) is 0 Å². The van der Waals surface area contributed by atoms with Crippen LogP contribution in [0, 0.1) is 5.92 Å². The van der Waals surface area contributed by atoms with Crippen LogP contribution in [0.2, 0.25) is 0 Å². The maximum absolute atomic E-state index is 12.4. The molecule has 3 amide bonds. The maximum atomic E-state index is 12.4. The van der Waals surface area contributed by atoms with Crippen molar-refractivity contribution >= 4 is 23.3 Å². The summed E-state index contributed by atoms with van der Waals surface area (Å²) in [5.41, 5.74) is 1.94. The molecule has 1 aliphatic heterocycles. The van der Waals surface area contributed by atoms with Gasteiger partial charge in [0.1, 0.15) is 0 Å². The topological polar surface area (TPSA) is 82.3 Å². The number of hydrogen-bond donors (Lipinski definition) is 4. The molecule has 1 fully saturated rings. The van der Waals surface area contributed by atoms with Crippen LogP contribution in [0.15, 0.2) is 54.6 Å². The average Bonchev–Trinajstić information content (AvgIpc) is 2.65. The average molecular weight is 352 g/mol. The van der Waals surface area contributed by atoms with Crippen LogP contribution in [0.5, 0.6) is 0 Å². The molecule has 2 unspecified atom stereocenters. The van der Waals surface area contributed by atoms with Crippen molar-refractivity contribution in [3.05, 3.63) is 60.2 Å². The van der Waals surface area contributed by atoms with Crippen molar-refractivity contribution in [2.24, 2.45) is 5.92 Å². The number of para-hydroxylation sites is 1. The fourth-order valence-corrected chi connectivity index (χ4v) is 3.00. The fourth-order valence-electron chi connectivity index (χ4n) is 3.00. The zero-order chi connectivity index (χ0) is 18.4. The number of anilines is 2. The SMILES string of the molecule is CC1CNCCC1NC(=O)c1ccc(NC(=O)Nc2ccccc2)cc1. The minimum absolute atomic E-state index is 0.0796. The van der Waals surface area contributed by atoms with E-state index in [9.17, 15) is 9.59 Å². The zero-order valence-electron chi connectivity index (χ0n) is 14.8. The smallest absolute Gasteiger partial charge is 0.323 e. The van der Waals surface area contributed by atoms with E-state index >= 15 is 0 Å². The van der Waals surface area contributed by atoms with Gasteiger partial charge in [-0.1, -0.05) is 25.1 Å². The number of carbonyl (C=O) groups excluding carboxylic acids is 2. The van der Waals surface area contributed by atoms with Gasteiger partial charge < -0.3 is 21.3 Å². The van der Waals surface area contributed by atoms with E-state index in [2.05, 4.69) is 28.2 Å². The van der Waals surface area contributed by atoms with Crippen molar-refractivity contribution in [2.75, 3.05) is 23.7 Å². The van der Waals surface area contributed by atoms with Crippen LogP contribution in [-0.4, -0.2) is 31.1 Å². The van der Waals surface area contributed by atoms with Crippen molar-refractivity contribution in [2.45, 2.75) is 19.4 Å². The van der Waals surface area contributed by atoms with Crippen molar-refractivity contribution in [3.8, 4) is 0 Å². The number of rotatable bonds is 4. The molecule has 26 heavy (non-hydrogen) atoms. The largest absolute Gasteiger partial charge is 0.349 e. The molecule has 0 aromatic heterocycles. The summed E-state index contributed by atoms with van der Waals surface area (Å²) in [6.07, 6.45) is 0.937. The molecular formula is C20H24N4O2. The highest BCUT2D eigenvalue weighted by molar-refractivity contribution is 6.00. The first-order valence-corrected chi connectivity index (χ1v) is 8.86. The van der Waals surface area contributed by atoms with Crippen molar-refractivity contribution in [3.63, 3.8) is 0 Å². The lowest BCUT2D eigenvalue weighted by Gasteiger charge is -2.30. The number of amides is 3. The van der Waals surface area contributed by atoms with Crippen LogP contribution >= 0.6 is 0 Å². The standard InChI is InChI=1S/C20H24N4O2/c1-14-13-21-12-11-18(14)24-19(25)15-7-9-17(10-8-15)23-20(26)22-16-5-3-2-4-6-16/h2-10,14,18,21H,11-13H2,1H3,(H,24,25)(H2,22,23,26). The van der Waals surface area contributed by atoms with E-state index in [0.717, 1.165) is 25.2 Å². The van der Waals surface area contributed by atoms with E-state index in [1.54, 1.807) is 24.3 Å². The summed E-state index contributed by atoms with van der Waals surface area (Å²) in [6.45, 7) is 3.98. The van der Waals surface area contributed by atoms with Crippen LogP contribution in [0.1, 0.15) is 23.7 Å². The van der Waals surface area contributed by atoms with Crippen LogP contribution in [0.25, 0.3) is 0 Å². The van der Waals surface area contributed by atoms with Gasteiger partial charge in [0.25, 0.3) is 5.91 Å². The maximum Gasteiger partial charge on any atom is 0.323 e. The fraction of sp³-hybridized carbons (Fsp3) is 0.300. The number of nitrogens with one attached hydrogen (secondary N) is 4. The van der Waals surface area contributed by atoms with Crippen molar-refractivity contribution < 1.29 is 9.59 Å². The third-order valence-corrected chi connectivity index (χ3v) is 4.54. The predicted octanol–water partition coefficient (Wildman–Crippen LogP) is 3.06. The molecule has 0 radical (unpaired) electrons. The van der Waals surface area contributed by atoms with Gasteiger partial charge in [-0.3, -0.25) is 4.79 Å². The molecule has 1 aliphatic rings. The monoisotopic (exact) mass is 352 g/mol. The van der Waals surface area contributed by atoms with Crippen LogP contribution < -0.4 is 21.3 Å². The van der Waals surface area contributed by atoms with Gasteiger partial charge in [0.15, 0.2) is 0 Å². The van der Waals surface area contributed by atoms with E-state index < -0.39 is 0 Å². The summed E-state index contributed by atoms with van der Waals surface area (Å²) in [6, 6.07) is 16.0. The van der Waals surface area contributed by atoms with E-state index in [0.29, 0.717) is 17.2 Å². The second-order valence-corrected chi connectivity index (χ2v) is 6.57. The van der Waals surface area contributed by atoms with Crippen LogP contribution in [0.4, 0.5) is 16.2 Å². The lowest BCUT2D eigenvalue weighted by atomic mass is 9.95. The second kappa shape index (κ2) is 8.49. The number of piperidine rings is 1. The Labute approximate surface area is 153 Å². The molecule has 4 N–H and O–H groups in total. The third kappa shape index (κ3) is 4.83. The van der Waals surface area contributed by atoms with E-state index in [-0.39, 0.29) is 18.0 Å². The molecule has 0 bridgehead atoms. The molecule has 3 rings (SSSR count). The van der Waals surface area contributed by atoms with Gasteiger partial charge in [0.05, 0.1) is 0 Å². The Balaban J connectivity index is 1.54. The van der Waals surface area contributed by atoms with Gasteiger partial charge in [0.2, 0.25) is 0 Å². The minimum atomic E-state index is -0.322. The van der Waals surface area contributed by atoms with E-state index in [4.69, 9.17) is 0 Å². The molecule has 0 aliphatic carbocycles. The molecule has 2 aromatic carbocycles. The Morgan fingerprint density at radius 3 is 2.27 bits per heavy atom. The predicted molar refractivity (Wildman–Crippen MR) is 103 cm³/mol. The normalized spacial score (nSPS) is 19.4. The molecule has 0 saturated carbocycles. The molecule has 2 atom stereocenters. The molecule has 136 valence electrons. The van der Waals surface area contributed by atoms with Gasteiger partial charge in [-0.25, -0.2) is 4.79 Å². The van der Waals surface area contributed by atoms with Crippen molar-refractivity contribution in [1.29, 1.82) is 0 Å². The number of benzene rings is 2. The van der Waals surface area contributed by atoms with Gasteiger partial charge in [-0.15, -0.1) is 0 Å². The summed E-state index contributed by atoms with van der Waals surface area (Å²) in [4.78, 5) is 24.4. The summed E-state index contributed by atoms with van der Waals surface area (Å²) >= 11 is 0. The molecule has 1 heterocycles. The van der Waals surface area contributed by atoms with Crippen LogP contribution in [-0.2, 0) is 0 Å². The highest BCUT2D eigenvalue weighted by Crippen LogP contribution is 2.14. The van der Waals surface area contributed by atoms with Gasteiger partial charge in [-0.05, 0) is 61.8 Å². The lowest BCUT2D eigenvalue weighted by Crippen LogP contribution is -2.48. The van der Waals surface area contributed by atoms with Gasteiger partial charge >= 0.3 is 6.03 Å². The highest BCUT2D eigenvalue weighted by Gasteiger charge is 2.22. The molecule has 6 nitrogen and oxygen atoms in total. The Hall–Kier alpha value is -2.86. The lowest BCUT2D eigenvalue weighted by molar-refractivity contribution is 0.0914. The molecule has 1 saturated heterocycles. The van der Waals surface area contributed by atoms with Gasteiger partial charge in [0, 0.05) is 23.0 Å². The summed E-state index contributed by atoms with van der Waals surface area (Å²) in [7, 11) is 0. The second-order valence-electron chi connectivity index (χ2n) is 6.57. The number of urea groups is 1. The molecule has 0 spiro atoms. The summed E-state index contributed by atoms with van der Waals surface area (Å²) in [5, 5.41) is 11.9. The Bertz CT molecular complexity index is 746. The first kappa shape index (κ1) is 17.9. The van der Waals surface area contributed by atoms with Crippen LogP contribution in [0.3, 0.4) is 0 Å². The Morgan fingerprint density at radius 2 is 1.62 bits per heavy atom. The summed E-state index contributed by atoms with van der Waals surface area (Å²) in [5.74, 6) is 0.333. The number of carbonyl (C=O) groups is 2. The molecular weight excluding hydrogens is 328 g/mol. The van der Waals surface area contributed by atoms with Crippen molar-refractivity contribution in [1.82, 2.24) is 10.6 Å². The number of hydrogen-bond acceptors (Lipinski definition) is 3.